The lowest BCUT2D eigenvalue weighted by atomic mass is 9.85. The normalized spacial score (nSPS) is 20.1. The molecule has 1 unspecified atom stereocenters. The predicted octanol–water partition coefficient (Wildman–Crippen LogP) is 2.75. The fraction of sp³-hybridized carbons (Fsp3) is 0.471. The maximum Gasteiger partial charge on any atom is 0.376 e. The number of nitrogens with zero attached hydrogens (tertiary/aromatic N) is 1. The van der Waals surface area contributed by atoms with E-state index in [1.807, 2.05) is 29.8 Å². The fourth-order valence-electron chi connectivity index (χ4n) is 2.98. The molecule has 1 aliphatic rings. The molecule has 2 aromatic rings. The van der Waals surface area contributed by atoms with Gasteiger partial charge in [0.1, 0.15) is 0 Å². The van der Waals surface area contributed by atoms with Gasteiger partial charge in [0.25, 0.3) is 0 Å². The van der Waals surface area contributed by atoms with E-state index in [9.17, 15) is 4.79 Å². The standard InChI is InChI=1S/C17H21NO4/c1-5-20-15(19)16-21-10-17(2,3)13-11-8-6-7-9-12(11)18(4)14(13)22-16/h6-9,16H,5,10H2,1-4H3. The summed E-state index contributed by atoms with van der Waals surface area (Å²) < 4.78 is 18.6. The molecule has 1 aromatic carbocycles. The molecule has 3 rings (SSSR count). The zero-order valence-electron chi connectivity index (χ0n) is 13.4. The Bertz CT molecular complexity index is 717. The van der Waals surface area contributed by atoms with E-state index in [1.165, 1.54) is 0 Å². The number of hydrogen-bond donors (Lipinski definition) is 0. The van der Waals surface area contributed by atoms with Crippen LogP contribution in [0.15, 0.2) is 24.3 Å². The number of aryl methyl sites for hydroxylation is 1. The van der Waals surface area contributed by atoms with Crippen LogP contribution in [-0.4, -0.2) is 30.0 Å². The van der Waals surface area contributed by atoms with E-state index in [0.29, 0.717) is 19.1 Å². The third kappa shape index (κ3) is 2.25. The maximum absolute atomic E-state index is 12.0. The van der Waals surface area contributed by atoms with Crippen LogP contribution in [0.1, 0.15) is 26.3 Å². The Hall–Kier alpha value is -2.01. The van der Waals surface area contributed by atoms with Gasteiger partial charge in [-0.05, 0) is 13.0 Å². The summed E-state index contributed by atoms with van der Waals surface area (Å²) in [5.74, 6) is 0.179. The Balaban J connectivity index is 2.14. The summed E-state index contributed by atoms with van der Waals surface area (Å²) in [6.45, 7) is 6.63. The van der Waals surface area contributed by atoms with Gasteiger partial charge in [0, 0.05) is 23.4 Å². The third-order valence-corrected chi connectivity index (χ3v) is 4.02. The summed E-state index contributed by atoms with van der Waals surface area (Å²) in [5.41, 5.74) is 1.87. The average Bonchev–Trinajstić information content (AvgIpc) is 2.68. The van der Waals surface area contributed by atoms with Crippen molar-refractivity contribution in [3.05, 3.63) is 29.8 Å². The highest BCUT2D eigenvalue weighted by Crippen LogP contribution is 2.42. The van der Waals surface area contributed by atoms with E-state index in [0.717, 1.165) is 16.5 Å². The SMILES string of the molecule is CCOC(=O)C1OCC(C)(C)c2c(n(C)c3ccccc23)O1. The van der Waals surface area contributed by atoms with Crippen LogP contribution in [0.3, 0.4) is 0 Å². The van der Waals surface area contributed by atoms with Gasteiger partial charge in [-0.15, -0.1) is 0 Å². The lowest BCUT2D eigenvalue weighted by molar-refractivity contribution is -0.177. The number of para-hydroxylation sites is 1. The number of esters is 1. The van der Waals surface area contributed by atoms with Crippen LogP contribution in [0, 0.1) is 0 Å². The van der Waals surface area contributed by atoms with E-state index in [-0.39, 0.29) is 5.41 Å². The first kappa shape index (κ1) is 14.9. The van der Waals surface area contributed by atoms with Crippen molar-refractivity contribution in [1.82, 2.24) is 4.57 Å². The monoisotopic (exact) mass is 303 g/mol. The molecule has 0 bridgehead atoms. The summed E-state index contributed by atoms with van der Waals surface area (Å²) in [4.78, 5) is 12.0. The molecule has 0 saturated carbocycles. The molecule has 0 aliphatic carbocycles. The van der Waals surface area contributed by atoms with Gasteiger partial charge in [0.15, 0.2) is 0 Å². The molecule has 22 heavy (non-hydrogen) atoms. The van der Waals surface area contributed by atoms with Crippen LogP contribution in [0.4, 0.5) is 0 Å². The highest BCUT2D eigenvalue weighted by atomic mass is 16.7. The van der Waals surface area contributed by atoms with Gasteiger partial charge in [-0.1, -0.05) is 32.0 Å². The molecule has 1 aromatic heterocycles. The van der Waals surface area contributed by atoms with Crippen LogP contribution >= 0.6 is 0 Å². The molecule has 5 heteroatoms. The van der Waals surface area contributed by atoms with Crippen molar-refractivity contribution in [2.75, 3.05) is 13.2 Å². The largest absolute Gasteiger partial charge is 0.461 e. The van der Waals surface area contributed by atoms with E-state index in [2.05, 4.69) is 19.9 Å². The number of rotatable bonds is 2. The van der Waals surface area contributed by atoms with Gasteiger partial charge in [-0.25, -0.2) is 4.79 Å². The number of carbonyl (C=O) groups excluding carboxylic acids is 1. The minimum Gasteiger partial charge on any atom is -0.461 e. The van der Waals surface area contributed by atoms with Gasteiger partial charge in [-0.2, -0.15) is 0 Å². The van der Waals surface area contributed by atoms with Gasteiger partial charge in [0.2, 0.25) is 5.88 Å². The first-order chi connectivity index (χ1) is 10.5. The van der Waals surface area contributed by atoms with Crippen LogP contribution in [0.2, 0.25) is 0 Å². The van der Waals surface area contributed by atoms with Crippen molar-refractivity contribution in [2.45, 2.75) is 32.5 Å². The highest BCUT2D eigenvalue weighted by Gasteiger charge is 2.38. The molecule has 2 heterocycles. The van der Waals surface area contributed by atoms with Crippen molar-refractivity contribution in [2.24, 2.45) is 7.05 Å². The number of aromatic nitrogens is 1. The second-order valence-corrected chi connectivity index (χ2v) is 6.15. The average molecular weight is 303 g/mol. The number of fused-ring (bicyclic) bond motifs is 3. The zero-order valence-corrected chi connectivity index (χ0v) is 13.4. The molecule has 0 saturated heterocycles. The highest BCUT2D eigenvalue weighted by molar-refractivity contribution is 5.88. The molecular weight excluding hydrogens is 282 g/mol. The van der Waals surface area contributed by atoms with Crippen molar-refractivity contribution >= 4 is 16.9 Å². The van der Waals surface area contributed by atoms with Crippen molar-refractivity contribution in [1.29, 1.82) is 0 Å². The lowest BCUT2D eigenvalue weighted by Gasteiger charge is -2.22. The predicted molar refractivity (Wildman–Crippen MR) is 82.9 cm³/mol. The molecule has 5 nitrogen and oxygen atoms in total. The summed E-state index contributed by atoms with van der Waals surface area (Å²) in [6, 6.07) is 8.12. The second kappa shape index (κ2) is 5.32. The summed E-state index contributed by atoms with van der Waals surface area (Å²) in [5, 5.41) is 1.12. The molecule has 0 amide bonds. The fourth-order valence-corrected chi connectivity index (χ4v) is 2.98. The molecule has 1 aliphatic heterocycles. The summed E-state index contributed by atoms with van der Waals surface area (Å²) >= 11 is 0. The number of hydrogen-bond acceptors (Lipinski definition) is 4. The van der Waals surface area contributed by atoms with Crippen molar-refractivity contribution in [3.8, 4) is 5.88 Å². The van der Waals surface area contributed by atoms with Gasteiger partial charge in [-0.3, -0.25) is 0 Å². The Kier molecular flexibility index (Phi) is 3.60. The Labute approximate surface area is 129 Å². The van der Waals surface area contributed by atoms with Gasteiger partial charge >= 0.3 is 12.3 Å². The number of carbonyl (C=O) groups is 1. The maximum atomic E-state index is 12.0. The molecule has 0 spiro atoms. The Morgan fingerprint density at radius 1 is 1.41 bits per heavy atom. The molecule has 0 fully saturated rings. The van der Waals surface area contributed by atoms with Crippen LogP contribution in [0.5, 0.6) is 5.88 Å². The van der Waals surface area contributed by atoms with Crippen molar-refractivity contribution in [3.63, 3.8) is 0 Å². The number of ether oxygens (including phenoxy) is 3. The lowest BCUT2D eigenvalue weighted by Crippen LogP contribution is -2.34. The molecule has 118 valence electrons. The molecule has 0 N–H and O–H groups in total. The van der Waals surface area contributed by atoms with Gasteiger partial charge < -0.3 is 18.8 Å². The molecular formula is C17H21NO4. The minimum atomic E-state index is -1.02. The Morgan fingerprint density at radius 2 is 2.14 bits per heavy atom. The molecule has 0 radical (unpaired) electrons. The quantitative estimate of drug-likeness (QED) is 0.801. The number of benzene rings is 1. The van der Waals surface area contributed by atoms with E-state index < -0.39 is 12.3 Å². The van der Waals surface area contributed by atoms with Crippen molar-refractivity contribution < 1.29 is 19.0 Å². The molecule has 1 atom stereocenters. The first-order valence-corrected chi connectivity index (χ1v) is 7.48. The Morgan fingerprint density at radius 3 is 2.86 bits per heavy atom. The first-order valence-electron chi connectivity index (χ1n) is 7.48. The smallest absolute Gasteiger partial charge is 0.376 e. The third-order valence-electron chi connectivity index (χ3n) is 4.02. The van der Waals surface area contributed by atoms with E-state index >= 15 is 0 Å². The van der Waals surface area contributed by atoms with E-state index in [1.54, 1.807) is 6.92 Å². The summed E-state index contributed by atoms with van der Waals surface area (Å²) in [7, 11) is 1.94. The van der Waals surface area contributed by atoms with Crippen LogP contribution < -0.4 is 4.74 Å². The van der Waals surface area contributed by atoms with E-state index in [4.69, 9.17) is 14.2 Å². The zero-order chi connectivity index (χ0) is 15.9. The van der Waals surface area contributed by atoms with Crippen LogP contribution in [0.25, 0.3) is 10.9 Å². The summed E-state index contributed by atoms with van der Waals surface area (Å²) in [6.07, 6.45) is -1.02. The topological polar surface area (TPSA) is 49.7 Å². The van der Waals surface area contributed by atoms with Crippen LogP contribution in [-0.2, 0) is 26.7 Å². The minimum absolute atomic E-state index is 0.266. The van der Waals surface area contributed by atoms with Gasteiger partial charge in [0.05, 0.1) is 18.7 Å². The second-order valence-electron chi connectivity index (χ2n) is 6.15.